The molecule has 16 heavy (non-hydrogen) atoms. The summed E-state index contributed by atoms with van der Waals surface area (Å²) < 4.78 is 12.1. The molecule has 0 aliphatic carbocycles. The Kier molecular flexibility index (Phi) is 3.64. The van der Waals surface area contributed by atoms with Gasteiger partial charge in [-0.15, -0.1) is 5.53 Å². The maximum absolute atomic E-state index is 12.1. The quantitative estimate of drug-likeness (QED) is 0.848. The summed E-state index contributed by atoms with van der Waals surface area (Å²) in [4.78, 5) is 0. The van der Waals surface area contributed by atoms with Crippen molar-refractivity contribution in [3.8, 4) is 0 Å². The molecule has 86 valence electrons. The molecule has 1 aromatic rings. The van der Waals surface area contributed by atoms with Gasteiger partial charge in [0.15, 0.2) is 0 Å². The number of hydrazine groups is 2. The van der Waals surface area contributed by atoms with Gasteiger partial charge in [-0.1, -0.05) is 23.7 Å². The highest BCUT2D eigenvalue weighted by Gasteiger charge is 2.10. The minimum atomic E-state index is -0.356. The van der Waals surface area contributed by atoms with E-state index in [1.165, 1.54) is 0 Å². The van der Waals surface area contributed by atoms with E-state index in [-0.39, 0.29) is 6.67 Å². The Morgan fingerprint density at radius 1 is 1.38 bits per heavy atom. The van der Waals surface area contributed by atoms with E-state index >= 15 is 0 Å². The van der Waals surface area contributed by atoms with E-state index in [9.17, 15) is 4.39 Å². The van der Waals surface area contributed by atoms with Crippen LogP contribution in [0, 0.1) is 0 Å². The van der Waals surface area contributed by atoms with Gasteiger partial charge in [-0.05, 0) is 17.7 Å². The highest BCUT2D eigenvalue weighted by atomic mass is 35.5. The largest absolute Gasteiger partial charge is 0.306 e. The molecule has 3 nitrogen and oxygen atoms in total. The molecule has 1 heterocycles. The van der Waals surface area contributed by atoms with E-state index in [0.717, 1.165) is 16.3 Å². The molecule has 2 rings (SSSR count). The summed E-state index contributed by atoms with van der Waals surface area (Å²) in [6, 6.07) is 7.65. The summed E-state index contributed by atoms with van der Waals surface area (Å²) in [7, 11) is 0. The number of alkyl halides is 1. The van der Waals surface area contributed by atoms with E-state index in [4.69, 9.17) is 11.6 Å². The summed E-state index contributed by atoms with van der Waals surface area (Å²) >= 11 is 5.89. The van der Waals surface area contributed by atoms with Crippen molar-refractivity contribution < 1.29 is 4.39 Å². The second-order valence-corrected chi connectivity index (χ2v) is 4.02. The lowest BCUT2D eigenvalue weighted by Crippen LogP contribution is -2.35. The van der Waals surface area contributed by atoms with E-state index in [2.05, 4.69) is 11.0 Å². The number of rotatable bonds is 4. The maximum atomic E-state index is 12.1. The number of nitrogens with one attached hydrogen (secondary N) is 2. The molecule has 0 fully saturated rings. The second-order valence-electron chi connectivity index (χ2n) is 3.59. The van der Waals surface area contributed by atoms with Crippen molar-refractivity contribution in [1.82, 2.24) is 16.0 Å². The standard InChI is InChI=1S/C11H13ClFN3/c12-10-3-1-2-9(6-10)7-16-8-11(4-5-13)14-15-16/h1-3,6,8,14-15H,4-5,7H2. The molecule has 1 aliphatic heterocycles. The molecular formula is C11H13ClFN3. The first kappa shape index (κ1) is 11.2. The molecule has 0 bridgehead atoms. The molecule has 0 radical (unpaired) electrons. The van der Waals surface area contributed by atoms with Crippen LogP contribution in [-0.2, 0) is 6.54 Å². The van der Waals surface area contributed by atoms with Gasteiger partial charge in [0.05, 0.1) is 13.2 Å². The zero-order chi connectivity index (χ0) is 11.4. The first-order valence-electron chi connectivity index (χ1n) is 5.07. The SMILES string of the molecule is FCCC1=CN(Cc2cccc(Cl)c2)NN1. The van der Waals surface area contributed by atoms with Crippen molar-refractivity contribution in [1.29, 1.82) is 0 Å². The summed E-state index contributed by atoms with van der Waals surface area (Å²) in [6.45, 7) is 0.328. The smallest absolute Gasteiger partial charge is 0.0950 e. The number of allylic oxidation sites excluding steroid dienone is 1. The van der Waals surface area contributed by atoms with Crippen LogP contribution in [-0.4, -0.2) is 11.7 Å². The van der Waals surface area contributed by atoms with Crippen LogP contribution in [0.1, 0.15) is 12.0 Å². The van der Waals surface area contributed by atoms with E-state index in [0.29, 0.717) is 13.0 Å². The zero-order valence-corrected chi connectivity index (χ0v) is 9.47. The van der Waals surface area contributed by atoms with Gasteiger partial charge in [-0.3, -0.25) is 9.40 Å². The molecule has 2 N–H and O–H groups in total. The molecule has 0 aromatic heterocycles. The molecule has 1 aromatic carbocycles. The third-order valence-corrected chi connectivity index (χ3v) is 2.51. The summed E-state index contributed by atoms with van der Waals surface area (Å²) in [5.74, 6) is 0. The molecule has 1 aliphatic rings. The second kappa shape index (κ2) is 5.18. The van der Waals surface area contributed by atoms with Crippen molar-refractivity contribution in [2.45, 2.75) is 13.0 Å². The van der Waals surface area contributed by atoms with Crippen LogP contribution >= 0.6 is 11.6 Å². The normalized spacial score (nSPS) is 14.9. The van der Waals surface area contributed by atoms with Crippen molar-refractivity contribution in [2.24, 2.45) is 0 Å². The summed E-state index contributed by atoms with van der Waals surface area (Å²) in [6.07, 6.45) is 2.26. The molecular weight excluding hydrogens is 229 g/mol. The topological polar surface area (TPSA) is 27.3 Å². The van der Waals surface area contributed by atoms with Gasteiger partial charge in [0.25, 0.3) is 0 Å². The van der Waals surface area contributed by atoms with E-state index < -0.39 is 0 Å². The Balaban J connectivity index is 1.96. The predicted molar refractivity (Wildman–Crippen MR) is 61.9 cm³/mol. The van der Waals surface area contributed by atoms with Crippen LogP contribution in [0.2, 0.25) is 5.02 Å². The van der Waals surface area contributed by atoms with Gasteiger partial charge in [0.1, 0.15) is 0 Å². The Morgan fingerprint density at radius 2 is 2.25 bits per heavy atom. The van der Waals surface area contributed by atoms with Crippen LogP contribution in [0.5, 0.6) is 0 Å². The Morgan fingerprint density at radius 3 is 3.00 bits per heavy atom. The first-order chi connectivity index (χ1) is 7.78. The van der Waals surface area contributed by atoms with Gasteiger partial charge in [0, 0.05) is 23.3 Å². The average Bonchev–Trinajstić information content (AvgIpc) is 2.66. The van der Waals surface area contributed by atoms with Gasteiger partial charge in [-0.25, -0.2) is 0 Å². The molecule has 0 atom stereocenters. The molecule has 0 spiro atoms. The number of hydrogen-bond donors (Lipinski definition) is 2. The Bertz CT molecular complexity index is 395. The third kappa shape index (κ3) is 2.87. The van der Waals surface area contributed by atoms with Crippen LogP contribution in [0.25, 0.3) is 0 Å². The Hall–Kier alpha value is -1.26. The number of benzene rings is 1. The van der Waals surface area contributed by atoms with Crippen molar-refractivity contribution in [3.63, 3.8) is 0 Å². The minimum Gasteiger partial charge on any atom is -0.306 e. The fourth-order valence-corrected chi connectivity index (χ4v) is 1.76. The van der Waals surface area contributed by atoms with Crippen molar-refractivity contribution >= 4 is 11.6 Å². The van der Waals surface area contributed by atoms with Crippen LogP contribution in [0.3, 0.4) is 0 Å². The maximum Gasteiger partial charge on any atom is 0.0950 e. The van der Waals surface area contributed by atoms with Crippen molar-refractivity contribution in [2.75, 3.05) is 6.67 Å². The average molecular weight is 242 g/mol. The van der Waals surface area contributed by atoms with Crippen molar-refractivity contribution in [3.05, 3.63) is 46.7 Å². The minimum absolute atomic E-state index is 0.356. The fraction of sp³-hybridized carbons (Fsp3) is 0.273. The lowest BCUT2D eigenvalue weighted by Gasteiger charge is -2.15. The summed E-state index contributed by atoms with van der Waals surface area (Å²) in [5.41, 5.74) is 7.80. The monoisotopic (exact) mass is 241 g/mol. The van der Waals surface area contributed by atoms with Gasteiger partial charge < -0.3 is 5.43 Å². The highest BCUT2D eigenvalue weighted by Crippen LogP contribution is 2.14. The van der Waals surface area contributed by atoms with E-state index in [1.807, 2.05) is 35.5 Å². The van der Waals surface area contributed by atoms with Gasteiger partial charge in [-0.2, -0.15) is 0 Å². The van der Waals surface area contributed by atoms with Gasteiger partial charge >= 0.3 is 0 Å². The predicted octanol–water partition coefficient (Wildman–Crippen LogP) is 2.37. The third-order valence-electron chi connectivity index (χ3n) is 2.28. The Labute approximate surface area is 98.8 Å². The first-order valence-corrected chi connectivity index (χ1v) is 5.45. The highest BCUT2D eigenvalue weighted by molar-refractivity contribution is 6.30. The lowest BCUT2D eigenvalue weighted by molar-refractivity contribution is 0.262. The molecule has 0 saturated heterocycles. The number of nitrogens with zero attached hydrogens (tertiary/aromatic N) is 1. The van der Waals surface area contributed by atoms with Crippen LogP contribution in [0.15, 0.2) is 36.2 Å². The molecule has 0 unspecified atom stereocenters. The van der Waals surface area contributed by atoms with Gasteiger partial charge in [0.2, 0.25) is 0 Å². The summed E-state index contributed by atoms with van der Waals surface area (Å²) in [5, 5.41) is 2.58. The van der Waals surface area contributed by atoms with Crippen LogP contribution in [0.4, 0.5) is 4.39 Å². The molecule has 0 saturated carbocycles. The number of hydrogen-bond acceptors (Lipinski definition) is 3. The van der Waals surface area contributed by atoms with Crippen LogP contribution < -0.4 is 11.0 Å². The zero-order valence-electron chi connectivity index (χ0n) is 8.71. The molecule has 5 heteroatoms. The fourth-order valence-electron chi connectivity index (χ4n) is 1.54. The molecule has 0 amide bonds. The van der Waals surface area contributed by atoms with E-state index in [1.54, 1.807) is 0 Å². The lowest BCUT2D eigenvalue weighted by atomic mass is 10.2. The number of halogens is 2.